The molecule has 1 aliphatic rings. The highest BCUT2D eigenvalue weighted by Gasteiger charge is 2.21. The summed E-state index contributed by atoms with van der Waals surface area (Å²) in [4.78, 5) is 20.2. The average Bonchev–Trinajstić information content (AvgIpc) is 2.70. The summed E-state index contributed by atoms with van der Waals surface area (Å²) in [5.41, 5.74) is 0.599. The van der Waals surface area contributed by atoms with E-state index in [9.17, 15) is 9.18 Å². The Hall–Kier alpha value is -2.19. The molecule has 0 aliphatic carbocycles. The number of nitrogens with one attached hydrogen (secondary N) is 2. The molecule has 1 fully saturated rings. The summed E-state index contributed by atoms with van der Waals surface area (Å²) in [5, 5.41) is 6.62. The molecule has 1 aromatic rings. The van der Waals surface area contributed by atoms with Crippen molar-refractivity contribution in [3.8, 4) is 0 Å². The van der Waals surface area contributed by atoms with Gasteiger partial charge >= 0.3 is 0 Å². The van der Waals surface area contributed by atoms with Gasteiger partial charge in [0.1, 0.15) is 12.4 Å². The van der Waals surface area contributed by atoms with Crippen LogP contribution in [0.15, 0.2) is 29.3 Å². The summed E-state index contributed by atoms with van der Waals surface area (Å²) >= 11 is 0. The van der Waals surface area contributed by atoms with E-state index in [1.165, 1.54) is 11.0 Å². The lowest BCUT2D eigenvalue weighted by atomic mass is 9.84. The lowest BCUT2D eigenvalue weighted by molar-refractivity contribution is -0.127. The highest BCUT2D eigenvalue weighted by Crippen LogP contribution is 2.22. The zero-order valence-corrected chi connectivity index (χ0v) is 18.0. The van der Waals surface area contributed by atoms with Crippen LogP contribution in [0.25, 0.3) is 0 Å². The number of likely N-dealkylation sites (N-methyl/N-ethyl adjacent to an activating group) is 1. The summed E-state index contributed by atoms with van der Waals surface area (Å²) in [6.45, 7) is 9.67. The lowest BCUT2D eigenvalue weighted by Gasteiger charge is -2.28. The van der Waals surface area contributed by atoms with Crippen molar-refractivity contribution in [1.82, 2.24) is 20.4 Å². The Kier molecular flexibility index (Phi) is 8.85. The molecule has 0 radical (unpaired) electrons. The zero-order valence-electron chi connectivity index (χ0n) is 18.0. The molecule has 2 N–H and O–H groups in total. The Morgan fingerprint density at radius 1 is 1.28 bits per heavy atom. The van der Waals surface area contributed by atoms with Gasteiger partial charge in [0, 0.05) is 52.2 Å². The average molecular weight is 408 g/mol. The van der Waals surface area contributed by atoms with E-state index in [1.54, 1.807) is 26.2 Å². The van der Waals surface area contributed by atoms with E-state index < -0.39 is 0 Å². The van der Waals surface area contributed by atoms with Crippen molar-refractivity contribution in [1.29, 1.82) is 0 Å². The maximum Gasteiger partial charge on any atom is 0.243 e. The third-order valence-corrected chi connectivity index (χ3v) is 5.00. The van der Waals surface area contributed by atoms with E-state index in [1.807, 2.05) is 19.9 Å². The summed E-state index contributed by atoms with van der Waals surface area (Å²) in [6, 6.07) is 6.64. The normalized spacial score (nSPS) is 15.8. The highest BCUT2D eigenvalue weighted by molar-refractivity contribution is 5.84. The first-order valence-electron chi connectivity index (χ1n) is 10.1. The second kappa shape index (κ2) is 11.1. The highest BCUT2D eigenvalue weighted by atomic mass is 19.1. The predicted molar refractivity (Wildman–Crippen MR) is 114 cm³/mol. The molecule has 0 unspecified atom stereocenters. The minimum absolute atomic E-state index is 0.0660. The number of aliphatic imine (C=N–C) groups is 1. The standard InChI is InChI=1S/C21H34FN5O2/c1-21(2,17-6-5-7-18(22)14-17)16-25-20(24-15-19(28)26(3)4)23-8-9-27-10-12-29-13-11-27/h5-7,14H,8-13,15-16H2,1-4H3,(H2,23,24,25). The van der Waals surface area contributed by atoms with Crippen LogP contribution in [0.4, 0.5) is 4.39 Å². The fourth-order valence-corrected chi connectivity index (χ4v) is 2.94. The maximum atomic E-state index is 13.6. The first kappa shape index (κ1) is 23.1. The summed E-state index contributed by atoms with van der Waals surface area (Å²) in [5.74, 6) is 0.270. The molecule has 8 heteroatoms. The Balaban J connectivity index is 1.95. The molecule has 1 amide bonds. The monoisotopic (exact) mass is 407 g/mol. The van der Waals surface area contributed by atoms with Gasteiger partial charge < -0.3 is 20.3 Å². The number of halogens is 1. The smallest absolute Gasteiger partial charge is 0.243 e. The number of guanidine groups is 1. The molecule has 0 bridgehead atoms. The molecule has 29 heavy (non-hydrogen) atoms. The van der Waals surface area contributed by atoms with Gasteiger partial charge in [0.15, 0.2) is 5.96 Å². The van der Waals surface area contributed by atoms with Crippen LogP contribution in [0.1, 0.15) is 19.4 Å². The molecule has 1 aromatic carbocycles. The zero-order chi connectivity index (χ0) is 21.3. The fraction of sp³-hybridized carbons (Fsp3) is 0.619. The van der Waals surface area contributed by atoms with Crippen molar-refractivity contribution in [2.45, 2.75) is 19.3 Å². The van der Waals surface area contributed by atoms with E-state index in [4.69, 9.17) is 4.74 Å². The number of nitrogens with zero attached hydrogens (tertiary/aromatic N) is 3. The van der Waals surface area contributed by atoms with Crippen molar-refractivity contribution in [2.24, 2.45) is 4.99 Å². The Morgan fingerprint density at radius 2 is 2.00 bits per heavy atom. The first-order chi connectivity index (χ1) is 13.8. The second-order valence-corrected chi connectivity index (χ2v) is 8.08. The van der Waals surface area contributed by atoms with Crippen molar-refractivity contribution in [3.05, 3.63) is 35.6 Å². The van der Waals surface area contributed by atoms with E-state index in [2.05, 4.69) is 20.5 Å². The van der Waals surface area contributed by atoms with E-state index >= 15 is 0 Å². The number of rotatable bonds is 8. The fourth-order valence-electron chi connectivity index (χ4n) is 2.94. The van der Waals surface area contributed by atoms with E-state index in [-0.39, 0.29) is 23.7 Å². The number of amides is 1. The SMILES string of the molecule is CN(C)C(=O)CN=C(NCCN1CCOCC1)NCC(C)(C)c1cccc(F)c1. The Bertz CT molecular complexity index is 687. The molecule has 1 heterocycles. The number of morpholine rings is 1. The summed E-state index contributed by atoms with van der Waals surface area (Å²) in [6.07, 6.45) is 0. The molecule has 0 spiro atoms. The molecular weight excluding hydrogens is 373 g/mol. The van der Waals surface area contributed by atoms with Gasteiger partial charge in [-0.15, -0.1) is 0 Å². The molecule has 162 valence electrons. The third-order valence-electron chi connectivity index (χ3n) is 5.00. The van der Waals surface area contributed by atoms with Gasteiger partial charge in [0.25, 0.3) is 0 Å². The number of hydrogen-bond donors (Lipinski definition) is 2. The van der Waals surface area contributed by atoms with Crippen LogP contribution in [0.3, 0.4) is 0 Å². The van der Waals surface area contributed by atoms with Gasteiger partial charge in [0.2, 0.25) is 5.91 Å². The van der Waals surface area contributed by atoms with Gasteiger partial charge in [-0.05, 0) is 17.7 Å². The topological polar surface area (TPSA) is 69.2 Å². The number of benzene rings is 1. The van der Waals surface area contributed by atoms with Gasteiger partial charge in [-0.25, -0.2) is 9.38 Å². The molecular formula is C21H34FN5O2. The number of hydrogen-bond acceptors (Lipinski definition) is 4. The van der Waals surface area contributed by atoms with Gasteiger partial charge in [0.05, 0.1) is 13.2 Å². The molecule has 0 aromatic heterocycles. The third kappa shape index (κ3) is 7.98. The Labute approximate surface area is 173 Å². The minimum atomic E-state index is -0.305. The number of ether oxygens (including phenoxy) is 1. The van der Waals surface area contributed by atoms with Crippen molar-refractivity contribution < 1.29 is 13.9 Å². The van der Waals surface area contributed by atoms with Gasteiger partial charge in [-0.1, -0.05) is 26.0 Å². The first-order valence-corrected chi connectivity index (χ1v) is 10.1. The quantitative estimate of drug-likeness (QED) is 0.498. The Morgan fingerprint density at radius 3 is 2.66 bits per heavy atom. The van der Waals surface area contributed by atoms with Gasteiger partial charge in [-0.2, -0.15) is 0 Å². The van der Waals surface area contributed by atoms with Crippen molar-refractivity contribution in [3.63, 3.8) is 0 Å². The largest absolute Gasteiger partial charge is 0.379 e. The number of carbonyl (C=O) groups is 1. The summed E-state index contributed by atoms with van der Waals surface area (Å²) in [7, 11) is 3.42. The minimum Gasteiger partial charge on any atom is -0.379 e. The van der Waals surface area contributed by atoms with Crippen LogP contribution in [-0.2, 0) is 14.9 Å². The van der Waals surface area contributed by atoms with Crippen molar-refractivity contribution >= 4 is 11.9 Å². The molecule has 7 nitrogen and oxygen atoms in total. The lowest BCUT2D eigenvalue weighted by Crippen LogP contribution is -2.47. The molecule has 0 atom stereocenters. The van der Waals surface area contributed by atoms with Crippen LogP contribution in [-0.4, -0.2) is 88.2 Å². The molecule has 0 saturated carbocycles. The van der Waals surface area contributed by atoms with Crippen LogP contribution >= 0.6 is 0 Å². The van der Waals surface area contributed by atoms with E-state index in [0.29, 0.717) is 19.0 Å². The second-order valence-electron chi connectivity index (χ2n) is 8.08. The summed E-state index contributed by atoms with van der Waals surface area (Å²) < 4.78 is 19.0. The number of carbonyl (C=O) groups excluding carboxylic acids is 1. The van der Waals surface area contributed by atoms with Crippen LogP contribution in [0.5, 0.6) is 0 Å². The maximum absolute atomic E-state index is 13.6. The van der Waals surface area contributed by atoms with Gasteiger partial charge in [-0.3, -0.25) is 9.69 Å². The van der Waals surface area contributed by atoms with Crippen LogP contribution in [0, 0.1) is 5.82 Å². The molecule has 1 saturated heterocycles. The van der Waals surface area contributed by atoms with Crippen molar-refractivity contribution in [2.75, 3.05) is 66.6 Å². The van der Waals surface area contributed by atoms with E-state index in [0.717, 1.165) is 38.4 Å². The van der Waals surface area contributed by atoms with Crippen LogP contribution < -0.4 is 10.6 Å². The van der Waals surface area contributed by atoms with Crippen LogP contribution in [0.2, 0.25) is 0 Å². The molecule has 2 rings (SSSR count). The molecule has 1 aliphatic heterocycles. The predicted octanol–water partition coefficient (Wildman–Crippen LogP) is 1.06.